The Hall–Kier alpha value is -1.47. The highest BCUT2D eigenvalue weighted by Crippen LogP contribution is 2.18. The van der Waals surface area contributed by atoms with Crippen LogP contribution in [0.1, 0.15) is 36.7 Å². The van der Waals surface area contributed by atoms with Crippen molar-refractivity contribution in [3.05, 3.63) is 33.7 Å². The average Bonchev–Trinajstić information content (AvgIpc) is 2.27. The summed E-state index contributed by atoms with van der Waals surface area (Å²) in [4.78, 5) is 24.0. The van der Waals surface area contributed by atoms with Crippen molar-refractivity contribution in [2.45, 2.75) is 26.2 Å². The van der Waals surface area contributed by atoms with Crippen LogP contribution in [0.15, 0.2) is 17.2 Å². The number of amides is 1. The zero-order valence-electron chi connectivity index (χ0n) is 11.4. The molecule has 0 radical (unpaired) electrons. The molecule has 0 saturated heterocycles. The number of hydrogen-bond donors (Lipinski definition) is 1. The number of carbonyl (C=O) groups excluding carboxylic acids is 1. The number of nitrogens with zero attached hydrogens (tertiary/aromatic N) is 1. The second-order valence-electron chi connectivity index (χ2n) is 5.28. The second-order valence-corrected chi connectivity index (χ2v) is 6.18. The quantitative estimate of drug-likeness (QED) is 0.806. The van der Waals surface area contributed by atoms with Gasteiger partial charge >= 0.3 is 0 Å². The van der Waals surface area contributed by atoms with Gasteiger partial charge in [-0.1, -0.05) is 20.8 Å². The van der Waals surface area contributed by atoms with E-state index in [1.54, 1.807) is 17.8 Å². The van der Waals surface area contributed by atoms with Crippen molar-refractivity contribution < 1.29 is 13.6 Å². The molecule has 0 aromatic carbocycles. The van der Waals surface area contributed by atoms with E-state index < -0.39 is 28.3 Å². The number of hydrogen-bond acceptors (Lipinski definition) is 4. The van der Waals surface area contributed by atoms with Gasteiger partial charge in [0.15, 0.2) is 5.43 Å². The topological polar surface area (TPSA) is 91.2 Å². The molecule has 1 aromatic rings. The first kappa shape index (κ1) is 15.6. The van der Waals surface area contributed by atoms with Crippen molar-refractivity contribution in [3.63, 3.8) is 0 Å². The summed E-state index contributed by atoms with van der Waals surface area (Å²) in [6, 6.07) is 0. The van der Waals surface area contributed by atoms with Crippen LogP contribution < -0.4 is 10.7 Å². The highest BCUT2D eigenvalue weighted by atomic mass is 32.2. The fraction of sp³-hybridized carbons (Fsp3) is 0.500. The first-order valence-electron chi connectivity index (χ1n) is 5.67. The van der Waals surface area contributed by atoms with E-state index in [0.29, 0.717) is 5.56 Å². The van der Waals surface area contributed by atoms with Crippen molar-refractivity contribution in [2.24, 2.45) is 7.05 Å². The Balaban J connectivity index is 3.23. The fourth-order valence-electron chi connectivity index (χ4n) is 1.62. The number of rotatable bonds is 3. The van der Waals surface area contributed by atoms with Crippen LogP contribution >= 0.6 is 0 Å². The van der Waals surface area contributed by atoms with Gasteiger partial charge in [0.2, 0.25) is 0 Å². The summed E-state index contributed by atoms with van der Waals surface area (Å²) in [6.07, 6.45) is 3.06. The molecule has 1 atom stereocenters. The molecule has 106 valence electrons. The molecular weight excluding hydrogens is 268 g/mol. The third kappa shape index (κ3) is 4.00. The van der Waals surface area contributed by atoms with E-state index in [4.69, 9.17) is 0 Å². The molecule has 1 aromatic heterocycles. The molecule has 1 unspecified atom stereocenters. The van der Waals surface area contributed by atoms with Crippen LogP contribution in [0, 0.1) is 0 Å². The Kier molecular flexibility index (Phi) is 4.65. The van der Waals surface area contributed by atoms with Crippen molar-refractivity contribution in [1.29, 1.82) is 0 Å². The fourth-order valence-corrected chi connectivity index (χ4v) is 1.87. The van der Waals surface area contributed by atoms with Crippen LogP contribution in [-0.2, 0) is 23.5 Å². The van der Waals surface area contributed by atoms with E-state index in [2.05, 4.69) is 5.32 Å². The van der Waals surface area contributed by atoms with Gasteiger partial charge in [-0.3, -0.25) is 13.8 Å². The van der Waals surface area contributed by atoms with E-state index in [9.17, 15) is 18.4 Å². The zero-order chi connectivity index (χ0) is 14.8. The van der Waals surface area contributed by atoms with Gasteiger partial charge in [-0.05, 0) is 16.5 Å². The largest absolute Gasteiger partial charge is 0.771 e. The molecular formula is C12H17N2O4S-. The van der Waals surface area contributed by atoms with Gasteiger partial charge in [0.25, 0.3) is 5.91 Å². The molecule has 0 fully saturated rings. The molecule has 1 N–H and O–H groups in total. The van der Waals surface area contributed by atoms with Crippen LogP contribution in [0.4, 0.5) is 0 Å². The minimum atomic E-state index is -2.39. The third-order valence-corrected chi connectivity index (χ3v) is 2.94. The predicted octanol–water partition coefficient (Wildman–Crippen LogP) is 0.249. The van der Waals surface area contributed by atoms with Gasteiger partial charge in [0, 0.05) is 25.0 Å². The lowest BCUT2D eigenvalue weighted by Crippen LogP contribution is -2.35. The van der Waals surface area contributed by atoms with Gasteiger partial charge < -0.3 is 14.4 Å². The smallest absolute Gasteiger partial charge is 0.257 e. The maximum atomic E-state index is 12.2. The number of nitrogens with one attached hydrogen (secondary N) is 1. The maximum absolute atomic E-state index is 12.2. The van der Waals surface area contributed by atoms with Crippen LogP contribution in [-0.4, -0.2) is 25.1 Å². The highest BCUT2D eigenvalue weighted by molar-refractivity contribution is 7.79. The monoisotopic (exact) mass is 285 g/mol. The summed E-state index contributed by atoms with van der Waals surface area (Å²) in [7, 11) is 1.71. The molecule has 1 heterocycles. The Morgan fingerprint density at radius 1 is 1.42 bits per heavy atom. The minimum absolute atomic E-state index is 0.0552. The third-order valence-electron chi connectivity index (χ3n) is 2.56. The number of aromatic nitrogens is 1. The molecule has 1 amide bonds. The molecule has 0 aliphatic rings. The zero-order valence-corrected chi connectivity index (χ0v) is 12.2. The number of pyridine rings is 1. The van der Waals surface area contributed by atoms with E-state index in [0.717, 1.165) is 0 Å². The Bertz CT molecular complexity index is 572. The molecule has 0 aliphatic heterocycles. The van der Waals surface area contributed by atoms with Crippen molar-refractivity contribution in [2.75, 3.05) is 5.88 Å². The van der Waals surface area contributed by atoms with E-state index in [1.165, 1.54) is 6.20 Å². The molecule has 0 bridgehead atoms. The summed E-state index contributed by atoms with van der Waals surface area (Å²) >= 11 is -2.39. The van der Waals surface area contributed by atoms with Crippen molar-refractivity contribution in [3.8, 4) is 0 Å². The Labute approximate surface area is 114 Å². The second kappa shape index (κ2) is 5.66. The van der Waals surface area contributed by atoms with Gasteiger partial charge in [0.05, 0.1) is 5.88 Å². The molecule has 1 rings (SSSR count). The van der Waals surface area contributed by atoms with Crippen LogP contribution in [0.3, 0.4) is 0 Å². The summed E-state index contributed by atoms with van der Waals surface area (Å²) in [5.41, 5.74) is -0.321. The maximum Gasteiger partial charge on any atom is 0.257 e. The van der Waals surface area contributed by atoms with Crippen LogP contribution in [0.2, 0.25) is 0 Å². The lowest BCUT2D eigenvalue weighted by atomic mass is 9.87. The van der Waals surface area contributed by atoms with Gasteiger partial charge in [-0.2, -0.15) is 0 Å². The molecule has 19 heavy (non-hydrogen) atoms. The number of carbonyl (C=O) groups is 1. The first-order chi connectivity index (χ1) is 8.62. The Morgan fingerprint density at radius 2 is 2.00 bits per heavy atom. The SMILES string of the molecule is Cn1cc(C(=O)NCS(=O)[O-])c(=O)c(C(C)(C)C)c1. The summed E-state index contributed by atoms with van der Waals surface area (Å²) in [5.74, 6) is -1.20. The highest BCUT2D eigenvalue weighted by Gasteiger charge is 2.22. The molecule has 6 nitrogen and oxygen atoms in total. The van der Waals surface area contributed by atoms with Crippen molar-refractivity contribution >= 4 is 17.0 Å². The number of aryl methyl sites for hydroxylation is 1. The Morgan fingerprint density at radius 3 is 2.47 bits per heavy atom. The molecule has 0 saturated carbocycles. The van der Waals surface area contributed by atoms with Crippen molar-refractivity contribution in [1.82, 2.24) is 9.88 Å². The standard InChI is InChI=1S/C12H18N2O4S/c1-12(2,3)9-6-14(4)5-8(10(9)15)11(16)13-7-19(17)18/h5-6H,7H2,1-4H3,(H,13,16)(H,17,18)/p-1. The predicted molar refractivity (Wildman–Crippen MR) is 71.6 cm³/mol. The average molecular weight is 285 g/mol. The van der Waals surface area contributed by atoms with E-state index in [1.807, 2.05) is 20.8 Å². The summed E-state index contributed by atoms with van der Waals surface area (Å²) < 4.78 is 22.4. The summed E-state index contributed by atoms with van der Waals surface area (Å²) in [6.45, 7) is 5.62. The van der Waals surface area contributed by atoms with Crippen LogP contribution in [0.25, 0.3) is 0 Å². The normalized spacial score (nSPS) is 13.1. The van der Waals surface area contributed by atoms with E-state index in [-0.39, 0.29) is 11.0 Å². The molecule has 0 spiro atoms. The lowest BCUT2D eigenvalue weighted by molar-refractivity contribution is 0.0957. The van der Waals surface area contributed by atoms with Gasteiger partial charge in [0.1, 0.15) is 5.56 Å². The molecule has 7 heteroatoms. The van der Waals surface area contributed by atoms with Crippen LogP contribution in [0.5, 0.6) is 0 Å². The van der Waals surface area contributed by atoms with E-state index >= 15 is 0 Å². The molecule has 0 aliphatic carbocycles. The van der Waals surface area contributed by atoms with Gasteiger partial charge in [-0.25, -0.2) is 0 Å². The minimum Gasteiger partial charge on any atom is -0.771 e. The summed E-state index contributed by atoms with van der Waals surface area (Å²) in [5, 5.41) is 2.18. The van der Waals surface area contributed by atoms with Gasteiger partial charge in [-0.15, -0.1) is 0 Å². The first-order valence-corrected chi connectivity index (χ1v) is 6.92. The lowest BCUT2D eigenvalue weighted by Gasteiger charge is -2.20.